The van der Waals surface area contributed by atoms with Gasteiger partial charge in [-0.1, -0.05) is 12.8 Å². The van der Waals surface area contributed by atoms with E-state index in [1.54, 1.807) is 0 Å². The van der Waals surface area contributed by atoms with Crippen molar-refractivity contribution in [1.29, 1.82) is 0 Å². The van der Waals surface area contributed by atoms with Crippen molar-refractivity contribution in [3.8, 4) is 0 Å². The van der Waals surface area contributed by atoms with Crippen LogP contribution in [0.25, 0.3) is 0 Å². The number of nitrogens with zero attached hydrogens (tertiary/aromatic N) is 2. The van der Waals surface area contributed by atoms with E-state index >= 15 is 0 Å². The second kappa shape index (κ2) is 7.96. The quantitative estimate of drug-likeness (QED) is 0.767. The smallest absolute Gasteiger partial charge is 0.222 e. The van der Waals surface area contributed by atoms with Gasteiger partial charge in [0, 0.05) is 45.2 Å². The van der Waals surface area contributed by atoms with E-state index in [1.807, 2.05) is 4.90 Å². The fourth-order valence-corrected chi connectivity index (χ4v) is 3.44. The molecule has 0 radical (unpaired) electrons. The average Bonchev–Trinajstić information content (AvgIpc) is 2.46. The van der Waals surface area contributed by atoms with Crippen LogP contribution in [-0.2, 0) is 4.79 Å². The molecule has 1 aliphatic carbocycles. The molecule has 3 N–H and O–H groups in total. The third-order valence-electron chi connectivity index (χ3n) is 4.73. The molecule has 1 amide bonds. The van der Waals surface area contributed by atoms with E-state index in [0.29, 0.717) is 24.3 Å². The molecule has 1 saturated heterocycles. The third-order valence-corrected chi connectivity index (χ3v) is 4.73. The second-order valence-electron chi connectivity index (χ2n) is 6.28. The van der Waals surface area contributed by atoms with Crippen molar-refractivity contribution in [3.05, 3.63) is 0 Å². The third kappa shape index (κ3) is 4.72. The first-order chi connectivity index (χ1) is 9.69. The molecule has 2 rings (SSSR count). The minimum atomic E-state index is 0.204. The summed E-state index contributed by atoms with van der Waals surface area (Å²) < 4.78 is 0. The van der Waals surface area contributed by atoms with Gasteiger partial charge < -0.3 is 15.7 Å². The zero-order valence-electron chi connectivity index (χ0n) is 12.5. The lowest BCUT2D eigenvalue weighted by atomic mass is 9.83. The van der Waals surface area contributed by atoms with Gasteiger partial charge in [0.25, 0.3) is 0 Å². The van der Waals surface area contributed by atoms with Gasteiger partial charge in [-0.2, -0.15) is 0 Å². The predicted octanol–water partition coefficient (Wildman–Crippen LogP) is 0.421. The number of hydrogen-bond acceptors (Lipinski definition) is 4. The van der Waals surface area contributed by atoms with Gasteiger partial charge in [0.2, 0.25) is 5.91 Å². The molecule has 5 nitrogen and oxygen atoms in total. The highest BCUT2D eigenvalue weighted by Gasteiger charge is 2.23. The number of nitrogens with two attached hydrogens (primary N) is 1. The van der Waals surface area contributed by atoms with Gasteiger partial charge in [-0.3, -0.25) is 9.69 Å². The molecule has 2 fully saturated rings. The first kappa shape index (κ1) is 15.7. The maximum Gasteiger partial charge on any atom is 0.222 e. The molecule has 2 unspecified atom stereocenters. The van der Waals surface area contributed by atoms with Gasteiger partial charge in [0.1, 0.15) is 0 Å². The number of carbonyl (C=O) groups is 1. The van der Waals surface area contributed by atoms with Crippen LogP contribution in [0.1, 0.15) is 38.5 Å². The lowest BCUT2D eigenvalue weighted by Crippen LogP contribution is -2.49. The predicted molar refractivity (Wildman–Crippen MR) is 79.3 cm³/mol. The Hall–Kier alpha value is -0.650. The van der Waals surface area contributed by atoms with Gasteiger partial charge in [-0.25, -0.2) is 0 Å². The maximum atomic E-state index is 12.2. The molecule has 2 aliphatic rings. The van der Waals surface area contributed by atoms with E-state index in [1.165, 1.54) is 12.8 Å². The molecular formula is C15H29N3O2. The Morgan fingerprint density at radius 1 is 1.20 bits per heavy atom. The number of aliphatic hydroxyl groups excluding tert-OH is 1. The topological polar surface area (TPSA) is 69.8 Å². The lowest BCUT2D eigenvalue weighted by molar-refractivity contribution is -0.133. The van der Waals surface area contributed by atoms with Gasteiger partial charge in [-0.05, 0) is 25.2 Å². The van der Waals surface area contributed by atoms with Crippen molar-refractivity contribution in [2.24, 2.45) is 11.7 Å². The zero-order valence-corrected chi connectivity index (χ0v) is 12.5. The lowest BCUT2D eigenvalue weighted by Gasteiger charge is -2.35. The number of amides is 1. The van der Waals surface area contributed by atoms with E-state index in [0.717, 1.165) is 52.0 Å². The number of hydrogen-bond donors (Lipinski definition) is 2. The van der Waals surface area contributed by atoms with Crippen molar-refractivity contribution < 1.29 is 9.90 Å². The summed E-state index contributed by atoms with van der Waals surface area (Å²) in [7, 11) is 0. The highest BCUT2D eigenvalue weighted by Crippen LogP contribution is 2.27. The molecular weight excluding hydrogens is 254 g/mol. The molecule has 0 aromatic carbocycles. The molecule has 2 atom stereocenters. The zero-order chi connectivity index (χ0) is 14.4. The van der Waals surface area contributed by atoms with Crippen LogP contribution in [0.2, 0.25) is 0 Å². The van der Waals surface area contributed by atoms with Gasteiger partial charge in [0.15, 0.2) is 0 Å². The average molecular weight is 283 g/mol. The van der Waals surface area contributed by atoms with E-state index in [-0.39, 0.29) is 6.61 Å². The van der Waals surface area contributed by atoms with Crippen LogP contribution in [0.4, 0.5) is 0 Å². The Labute approximate surface area is 122 Å². The van der Waals surface area contributed by atoms with Crippen LogP contribution in [0, 0.1) is 5.92 Å². The van der Waals surface area contributed by atoms with Gasteiger partial charge in [-0.15, -0.1) is 0 Å². The summed E-state index contributed by atoms with van der Waals surface area (Å²) in [4.78, 5) is 16.4. The molecule has 0 bridgehead atoms. The fourth-order valence-electron chi connectivity index (χ4n) is 3.44. The SMILES string of the molecule is NC1CCCC(CCC(=O)N2CCN(CCO)CC2)C1. The number of β-amino-alcohol motifs (C(OH)–C–C–N with tert-alkyl or cyclic N) is 1. The molecule has 5 heteroatoms. The Morgan fingerprint density at radius 2 is 1.95 bits per heavy atom. The Morgan fingerprint density at radius 3 is 2.60 bits per heavy atom. The standard InChI is InChI=1S/C15H29N3O2/c16-14-3-1-2-13(12-14)4-5-15(20)18-8-6-17(7-9-18)10-11-19/h13-14,19H,1-12,16H2. The summed E-state index contributed by atoms with van der Waals surface area (Å²) in [6, 6.07) is 0.353. The highest BCUT2D eigenvalue weighted by molar-refractivity contribution is 5.76. The Kier molecular flexibility index (Phi) is 6.26. The second-order valence-corrected chi connectivity index (χ2v) is 6.28. The Bertz CT molecular complexity index is 303. The molecule has 116 valence electrons. The highest BCUT2D eigenvalue weighted by atomic mass is 16.3. The van der Waals surface area contributed by atoms with Crippen molar-refractivity contribution in [2.75, 3.05) is 39.3 Å². The van der Waals surface area contributed by atoms with Gasteiger partial charge >= 0.3 is 0 Å². The summed E-state index contributed by atoms with van der Waals surface area (Å²) in [5.74, 6) is 0.950. The fraction of sp³-hybridized carbons (Fsp3) is 0.933. The summed E-state index contributed by atoms with van der Waals surface area (Å²) >= 11 is 0. The molecule has 20 heavy (non-hydrogen) atoms. The summed E-state index contributed by atoms with van der Waals surface area (Å²) in [6.07, 6.45) is 6.39. The molecule has 1 heterocycles. The van der Waals surface area contributed by atoms with Crippen molar-refractivity contribution in [3.63, 3.8) is 0 Å². The minimum absolute atomic E-state index is 0.204. The summed E-state index contributed by atoms with van der Waals surface area (Å²) in [6.45, 7) is 4.32. The normalized spacial score (nSPS) is 28.6. The van der Waals surface area contributed by atoms with Crippen molar-refractivity contribution >= 4 is 5.91 Å². The summed E-state index contributed by atoms with van der Waals surface area (Å²) in [5, 5.41) is 8.91. The molecule has 1 aliphatic heterocycles. The molecule has 0 spiro atoms. The largest absolute Gasteiger partial charge is 0.395 e. The van der Waals surface area contributed by atoms with E-state index in [2.05, 4.69) is 4.90 Å². The van der Waals surface area contributed by atoms with Crippen molar-refractivity contribution in [2.45, 2.75) is 44.6 Å². The van der Waals surface area contributed by atoms with E-state index in [4.69, 9.17) is 10.8 Å². The van der Waals surface area contributed by atoms with Crippen LogP contribution < -0.4 is 5.73 Å². The number of aliphatic hydroxyl groups is 1. The van der Waals surface area contributed by atoms with Crippen LogP contribution in [0.3, 0.4) is 0 Å². The van der Waals surface area contributed by atoms with Crippen molar-refractivity contribution in [1.82, 2.24) is 9.80 Å². The molecule has 0 aromatic heterocycles. The van der Waals surface area contributed by atoms with Gasteiger partial charge in [0.05, 0.1) is 6.61 Å². The maximum absolute atomic E-state index is 12.2. The van der Waals surface area contributed by atoms with Crippen LogP contribution >= 0.6 is 0 Å². The monoisotopic (exact) mass is 283 g/mol. The Balaban J connectivity index is 1.65. The van der Waals surface area contributed by atoms with E-state index < -0.39 is 0 Å². The van der Waals surface area contributed by atoms with Crippen LogP contribution in [0.5, 0.6) is 0 Å². The number of piperazine rings is 1. The van der Waals surface area contributed by atoms with Crippen LogP contribution in [-0.4, -0.2) is 66.2 Å². The first-order valence-electron chi connectivity index (χ1n) is 8.05. The summed E-state index contributed by atoms with van der Waals surface area (Å²) in [5.41, 5.74) is 6.00. The molecule has 0 aromatic rings. The number of rotatable bonds is 5. The minimum Gasteiger partial charge on any atom is -0.395 e. The first-order valence-corrected chi connectivity index (χ1v) is 8.05. The number of carbonyl (C=O) groups excluding carboxylic acids is 1. The molecule has 1 saturated carbocycles. The van der Waals surface area contributed by atoms with E-state index in [9.17, 15) is 4.79 Å². The van der Waals surface area contributed by atoms with Crippen LogP contribution in [0.15, 0.2) is 0 Å².